The molecule has 0 bridgehead atoms. The molecule has 1 saturated heterocycles. The molecule has 0 radical (unpaired) electrons. The van der Waals surface area contributed by atoms with Crippen molar-refractivity contribution in [2.45, 2.75) is 38.9 Å². The summed E-state index contributed by atoms with van der Waals surface area (Å²) in [5.74, 6) is 5.57. The Kier molecular flexibility index (Phi) is 3.54. The summed E-state index contributed by atoms with van der Waals surface area (Å²) in [5.41, 5.74) is -0.562. The fourth-order valence-electron chi connectivity index (χ4n) is 1.34. The van der Waals surface area contributed by atoms with Gasteiger partial charge >= 0.3 is 6.09 Å². The van der Waals surface area contributed by atoms with E-state index in [-0.39, 0.29) is 0 Å². The standard InChI is InChI=1S/C9H19N3O3/c1-9(2,3)15-8(14)12(10)11-5-4-7(13)6-11/h7,13H,4-6,10H2,1-3H3. The second-order valence-corrected chi connectivity index (χ2v) is 4.68. The molecule has 0 aliphatic carbocycles. The molecule has 1 aliphatic heterocycles. The summed E-state index contributed by atoms with van der Waals surface area (Å²) in [6.07, 6.45) is -0.397. The van der Waals surface area contributed by atoms with Crippen LogP contribution in [-0.4, -0.2) is 46.1 Å². The molecule has 1 rings (SSSR count). The van der Waals surface area contributed by atoms with Gasteiger partial charge in [-0.3, -0.25) is 0 Å². The molecule has 88 valence electrons. The van der Waals surface area contributed by atoms with E-state index in [0.717, 1.165) is 5.12 Å². The lowest BCUT2D eigenvalue weighted by Crippen LogP contribution is -2.52. The monoisotopic (exact) mass is 217 g/mol. The summed E-state index contributed by atoms with van der Waals surface area (Å²) in [4.78, 5) is 11.5. The molecular formula is C9H19N3O3. The van der Waals surface area contributed by atoms with E-state index in [4.69, 9.17) is 10.6 Å². The minimum Gasteiger partial charge on any atom is -0.442 e. The zero-order valence-corrected chi connectivity index (χ0v) is 9.43. The number of nitrogens with zero attached hydrogens (tertiary/aromatic N) is 2. The number of aliphatic hydroxyl groups is 1. The van der Waals surface area contributed by atoms with Gasteiger partial charge in [0.15, 0.2) is 0 Å². The Balaban J connectivity index is 2.46. The van der Waals surface area contributed by atoms with Gasteiger partial charge in [0, 0.05) is 13.1 Å². The molecule has 1 amide bonds. The van der Waals surface area contributed by atoms with Gasteiger partial charge in [-0.2, -0.15) is 10.1 Å². The molecule has 0 aromatic rings. The van der Waals surface area contributed by atoms with Gasteiger partial charge in [0.2, 0.25) is 0 Å². The maximum atomic E-state index is 11.5. The number of rotatable bonds is 1. The van der Waals surface area contributed by atoms with Crippen molar-refractivity contribution in [3.05, 3.63) is 0 Å². The molecule has 1 heterocycles. The Morgan fingerprint density at radius 3 is 2.60 bits per heavy atom. The van der Waals surface area contributed by atoms with E-state index >= 15 is 0 Å². The van der Waals surface area contributed by atoms with Crippen molar-refractivity contribution < 1.29 is 14.6 Å². The topological polar surface area (TPSA) is 79.0 Å². The fourth-order valence-corrected chi connectivity index (χ4v) is 1.34. The number of hydrazine groups is 2. The van der Waals surface area contributed by atoms with E-state index in [1.54, 1.807) is 25.8 Å². The van der Waals surface area contributed by atoms with Crippen LogP contribution in [0.25, 0.3) is 0 Å². The highest BCUT2D eigenvalue weighted by Crippen LogP contribution is 2.13. The number of β-amino-alcohol motifs (C(OH)–C–C–N with tert-alkyl or cyclic N) is 1. The summed E-state index contributed by atoms with van der Waals surface area (Å²) in [7, 11) is 0. The molecule has 3 N–H and O–H groups in total. The van der Waals surface area contributed by atoms with Crippen LogP contribution < -0.4 is 5.84 Å². The molecular weight excluding hydrogens is 198 g/mol. The molecule has 1 aliphatic rings. The molecule has 1 atom stereocenters. The number of nitrogens with two attached hydrogens (primary N) is 1. The van der Waals surface area contributed by atoms with Crippen LogP contribution in [-0.2, 0) is 4.74 Å². The summed E-state index contributed by atoms with van der Waals surface area (Å²) < 4.78 is 5.09. The van der Waals surface area contributed by atoms with E-state index in [1.807, 2.05) is 0 Å². The predicted molar refractivity (Wildman–Crippen MR) is 54.5 cm³/mol. The Morgan fingerprint density at radius 2 is 2.20 bits per heavy atom. The van der Waals surface area contributed by atoms with Gasteiger partial charge in [-0.05, 0) is 27.2 Å². The van der Waals surface area contributed by atoms with E-state index in [2.05, 4.69) is 0 Å². The van der Waals surface area contributed by atoms with Crippen molar-refractivity contribution in [3.63, 3.8) is 0 Å². The van der Waals surface area contributed by atoms with Gasteiger partial charge in [-0.1, -0.05) is 0 Å². The second-order valence-electron chi connectivity index (χ2n) is 4.68. The highest BCUT2D eigenvalue weighted by atomic mass is 16.6. The maximum absolute atomic E-state index is 11.5. The van der Waals surface area contributed by atoms with Crippen molar-refractivity contribution in [2.75, 3.05) is 13.1 Å². The average molecular weight is 217 g/mol. The van der Waals surface area contributed by atoms with Crippen LogP contribution in [0.15, 0.2) is 0 Å². The molecule has 0 aromatic carbocycles. The van der Waals surface area contributed by atoms with Crippen LogP contribution in [0.1, 0.15) is 27.2 Å². The van der Waals surface area contributed by atoms with E-state index in [9.17, 15) is 9.90 Å². The zero-order valence-electron chi connectivity index (χ0n) is 9.43. The average Bonchev–Trinajstić information content (AvgIpc) is 2.47. The van der Waals surface area contributed by atoms with Gasteiger partial charge in [-0.25, -0.2) is 10.6 Å². The van der Waals surface area contributed by atoms with Gasteiger partial charge in [0.05, 0.1) is 6.10 Å². The van der Waals surface area contributed by atoms with E-state index in [0.29, 0.717) is 19.5 Å². The molecule has 0 saturated carbocycles. The number of hydrogen-bond acceptors (Lipinski definition) is 5. The lowest BCUT2D eigenvalue weighted by molar-refractivity contribution is -0.0455. The molecule has 6 nitrogen and oxygen atoms in total. The number of ether oxygens (including phenoxy) is 1. The first-order chi connectivity index (χ1) is 6.79. The van der Waals surface area contributed by atoms with Crippen LogP contribution in [0.3, 0.4) is 0 Å². The van der Waals surface area contributed by atoms with E-state index in [1.165, 1.54) is 0 Å². The summed E-state index contributed by atoms with van der Waals surface area (Å²) in [6.45, 7) is 6.26. The maximum Gasteiger partial charge on any atom is 0.439 e. The molecule has 15 heavy (non-hydrogen) atoms. The first kappa shape index (κ1) is 12.2. The van der Waals surface area contributed by atoms with Crippen LogP contribution in [0.4, 0.5) is 4.79 Å². The normalized spacial score (nSPS) is 22.9. The zero-order chi connectivity index (χ0) is 11.6. The van der Waals surface area contributed by atoms with Gasteiger partial charge in [0.1, 0.15) is 5.60 Å². The summed E-state index contributed by atoms with van der Waals surface area (Å²) >= 11 is 0. The van der Waals surface area contributed by atoms with Crippen LogP contribution in [0.5, 0.6) is 0 Å². The number of carbonyl (C=O) groups is 1. The number of amides is 1. The highest BCUT2D eigenvalue weighted by Gasteiger charge is 2.29. The molecule has 0 aromatic heterocycles. The molecule has 6 heteroatoms. The first-order valence-electron chi connectivity index (χ1n) is 5.00. The van der Waals surface area contributed by atoms with Crippen LogP contribution >= 0.6 is 0 Å². The molecule has 0 spiro atoms. The number of hydrogen-bond donors (Lipinski definition) is 2. The van der Waals surface area contributed by atoms with Gasteiger partial charge in [0.25, 0.3) is 0 Å². The van der Waals surface area contributed by atoms with Gasteiger partial charge in [-0.15, -0.1) is 0 Å². The number of carbonyl (C=O) groups excluding carboxylic acids is 1. The molecule has 1 fully saturated rings. The predicted octanol–water partition coefficient (Wildman–Crippen LogP) is 0.0788. The van der Waals surface area contributed by atoms with Crippen LogP contribution in [0, 0.1) is 0 Å². The Morgan fingerprint density at radius 1 is 1.60 bits per heavy atom. The smallest absolute Gasteiger partial charge is 0.439 e. The molecule has 1 unspecified atom stereocenters. The van der Waals surface area contributed by atoms with Crippen molar-refractivity contribution in [2.24, 2.45) is 5.84 Å². The Labute approximate surface area is 89.5 Å². The lowest BCUT2D eigenvalue weighted by atomic mass is 10.2. The number of aliphatic hydroxyl groups excluding tert-OH is 1. The minimum atomic E-state index is -0.600. The SMILES string of the molecule is CC(C)(C)OC(=O)N(N)N1CCC(O)C1. The third-order valence-corrected chi connectivity index (χ3v) is 2.03. The van der Waals surface area contributed by atoms with Crippen molar-refractivity contribution in [1.29, 1.82) is 0 Å². The minimum absolute atomic E-state index is 0.371. The third-order valence-electron chi connectivity index (χ3n) is 2.03. The fraction of sp³-hybridized carbons (Fsp3) is 0.889. The van der Waals surface area contributed by atoms with Crippen molar-refractivity contribution in [1.82, 2.24) is 10.1 Å². The quantitative estimate of drug-likeness (QED) is 0.369. The summed E-state index contributed by atoms with van der Waals surface area (Å²) in [6, 6.07) is 0. The first-order valence-corrected chi connectivity index (χ1v) is 5.00. The van der Waals surface area contributed by atoms with Crippen LogP contribution in [0.2, 0.25) is 0 Å². The van der Waals surface area contributed by atoms with Crippen molar-refractivity contribution >= 4 is 6.09 Å². The third kappa shape index (κ3) is 3.65. The summed E-state index contributed by atoms with van der Waals surface area (Å²) in [5, 5.41) is 11.8. The van der Waals surface area contributed by atoms with E-state index < -0.39 is 17.8 Å². The Hall–Kier alpha value is -0.850. The highest BCUT2D eigenvalue weighted by molar-refractivity contribution is 5.66. The van der Waals surface area contributed by atoms with Crippen molar-refractivity contribution in [3.8, 4) is 0 Å². The largest absolute Gasteiger partial charge is 0.442 e. The second kappa shape index (κ2) is 4.34. The lowest BCUT2D eigenvalue weighted by Gasteiger charge is -2.29. The Bertz CT molecular complexity index is 239. The van der Waals surface area contributed by atoms with Gasteiger partial charge < -0.3 is 9.84 Å².